The molecule has 1 rings (SSSR count). The molecule has 0 aromatic heterocycles. The number of ether oxygens (including phenoxy) is 2. The molecule has 0 fully saturated rings. The van der Waals surface area contributed by atoms with E-state index in [0.29, 0.717) is 0 Å². The highest BCUT2D eigenvalue weighted by atomic mass is 16.6. The lowest BCUT2D eigenvalue weighted by Gasteiger charge is -2.12. The van der Waals surface area contributed by atoms with Crippen LogP contribution in [-0.2, 0) is 19.1 Å². The van der Waals surface area contributed by atoms with Gasteiger partial charge in [-0.15, -0.1) is 0 Å². The zero-order valence-corrected chi connectivity index (χ0v) is 16.2. The molecule has 0 atom stereocenters. The van der Waals surface area contributed by atoms with E-state index in [2.05, 4.69) is 0 Å². The van der Waals surface area contributed by atoms with Gasteiger partial charge >= 0.3 is 23.9 Å². The predicted molar refractivity (Wildman–Crippen MR) is 99.9 cm³/mol. The third-order valence-corrected chi connectivity index (χ3v) is 3.38. The zero-order valence-electron chi connectivity index (χ0n) is 16.2. The van der Waals surface area contributed by atoms with Crippen molar-refractivity contribution in [2.45, 2.75) is 27.7 Å². The van der Waals surface area contributed by atoms with Gasteiger partial charge in [0.2, 0.25) is 0 Å². The molecule has 1 aromatic rings. The van der Waals surface area contributed by atoms with Crippen LogP contribution >= 0.6 is 0 Å². The zero-order chi connectivity index (χ0) is 21.4. The van der Waals surface area contributed by atoms with Crippen LogP contribution in [-0.4, -0.2) is 47.3 Å². The maximum Gasteiger partial charge on any atom is 0.345 e. The molecule has 0 bridgehead atoms. The van der Waals surface area contributed by atoms with Crippen molar-refractivity contribution in [1.82, 2.24) is 0 Å². The minimum Gasteiger partial charge on any atom is -0.478 e. The summed E-state index contributed by atoms with van der Waals surface area (Å²) in [7, 11) is 0. The number of carboxylic acid groups (broad SMARTS) is 2. The lowest BCUT2D eigenvalue weighted by Crippen LogP contribution is -2.21. The maximum atomic E-state index is 12.4. The number of hydrogen-bond donors (Lipinski definition) is 2. The van der Waals surface area contributed by atoms with Gasteiger partial charge in [-0.05, 0) is 29.5 Å². The van der Waals surface area contributed by atoms with Crippen LogP contribution in [0.1, 0.15) is 54.0 Å². The van der Waals surface area contributed by atoms with Crippen molar-refractivity contribution in [2.24, 2.45) is 11.8 Å². The first kappa shape index (κ1) is 22.9. The monoisotopic (exact) mass is 392 g/mol. The molecule has 1 aromatic carbocycles. The van der Waals surface area contributed by atoms with Crippen LogP contribution < -0.4 is 0 Å². The molecule has 8 nitrogen and oxygen atoms in total. The standard InChI is InChI=1S/C20H24O8/c1-11(2)9-27-19(25)15(20(26)28-10-12(3)4)8-13-6-5-7-14(17(21)22)16(13)18(23)24/h5-8,11-12H,9-10H2,1-4H3,(H,21,22)(H,23,24). The molecule has 0 radical (unpaired) electrons. The molecule has 0 amide bonds. The molecule has 0 spiro atoms. The van der Waals surface area contributed by atoms with Gasteiger partial charge in [-0.1, -0.05) is 39.8 Å². The molecule has 2 N–H and O–H groups in total. The van der Waals surface area contributed by atoms with Crippen molar-refractivity contribution < 1.29 is 38.9 Å². The third-order valence-electron chi connectivity index (χ3n) is 3.38. The van der Waals surface area contributed by atoms with Gasteiger partial charge in [-0.2, -0.15) is 0 Å². The average Bonchev–Trinajstić information content (AvgIpc) is 2.61. The number of hydrogen-bond acceptors (Lipinski definition) is 6. The van der Waals surface area contributed by atoms with Gasteiger partial charge in [0.15, 0.2) is 0 Å². The molecule has 0 aliphatic heterocycles. The second-order valence-electron chi connectivity index (χ2n) is 6.92. The quantitative estimate of drug-likeness (QED) is 0.284. The van der Waals surface area contributed by atoms with Crippen molar-refractivity contribution in [1.29, 1.82) is 0 Å². The first-order valence-electron chi connectivity index (χ1n) is 8.70. The van der Waals surface area contributed by atoms with E-state index in [0.717, 1.165) is 12.1 Å². The largest absolute Gasteiger partial charge is 0.478 e. The van der Waals surface area contributed by atoms with Crippen LogP contribution in [0.15, 0.2) is 23.8 Å². The molecular weight excluding hydrogens is 368 g/mol. The van der Waals surface area contributed by atoms with Crippen LogP contribution in [0.4, 0.5) is 0 Å². The fourth-order valence-corrected chi connectivity index (χ4v) is 2.10. The summed E-state index contributed by atoms with van der Waals surface area (Å²) in [6.45, 7) is 7.35. The number of esters is 2. The Morgan fingerprint density at radius 2 is 1.39 bits per heavy atom. The molecule has 0 aliphatic carbocycles. The Hall–Kier alpha value is -3.16. The summed E-state index contributed by atoms with van der Waals surface area (Å²) in [5, 5.41) is 18.6. The van der Waals surface area contributed by atoms with Gasteiger partial charge in [-0.25, -0.2) is 19.2 Å². The van der Waals surface area contributed by atoms with Gasteiger partial charge < -0.3 is 19.7 Å². The Labute approximate surface area is 162 Å². The van der Waals surface area contributed by atoms with Crippen LogP contribution in [0.25, 0.3) is 6.08 Å². The van der Waals surface area contributed by atoms with E-state index in [1.165, 1.54) is 12.1 Å². The average molecular weight is 392 g/mol. The van der Waals surface area contributed by atoms with Crippen LogP contribution in [0.2, 0.25) is 0 Å². The van der Waals surface area contributed by atoms with Crippen LogP contribution in [0, 0.1) is 11.8 Å². The number of aromatic carboxylic acids is 2. The number of carbonyl (C=O) groups excluding carboxylic acids is 2. The SMILES string of the molecule is CC(C)COC(=O)C(=Cc1cccc(C(=O)O)c1C(=O)O)C(=O)OCC(C)C. The summed E-state index contributed by atoms with van der Waals surface area (Å²) in [4.78, 5) is 47.7. The highest BCUT2D eigenvalue weighted by Crippen LogP contribution is 2.20. The summed E-state index contributed by atoms with van der Waals surface area (Å²) in [6.07, 6.45) is 0.987. The van der Waals surface area contributed by atoms with E-state index >= 15 is 0 Å². The molecule has 0 unspecified atom stereocenters. The van der Waals surface area contributed by atoms with Crippen molar-refractivity contribution in [3.63, 3.8) is 0 Å². The molecule has 28 heavy (non-hydrogen) atoms. The smallest absolute Gasteiger partial charge is 0.345 e. The Bertz CT molecular complexity index is 763. The molecule has 0 aliphatic rings. The van der Waals surface area contributed by atoms with E-state index in [1.54, 1.807) is 0 Å². The molecule has 0 saturated carbocycles. The Morgan fingerprint density at radius 1 is 0.893 bits per heavy atom. The lowest BCUT2D eigenvalue weighted by atomic mass is 9.99. The Morgan fingerprint density at radius 3 is 1.79 bits per heavy atom. The summed E-state index contributed by atoms with van der Waals surface area (Å²) in [5.41, 5.74) is -1.63. The van der Waals surface area contributed by atoms with Gasteiger partial charge in [-0.3, -0.25) is 0 Å². The van der Waals surface area contributed by atoms with E-state index in [9.17, 15) is 29.4 Å². The number of carbonyl (C=O) groups is 4. The van der Waals surface area contributed by atoms with Crippen molar-refractivity contribution >= 4 is 30.0 Å². The summed E-state index contributed by atoms with van der Waals surface area (Å²) in [6, 6.07) is 3.73. The van der Waals surface area contributed by atoms with E-state index in [1.807, 2.05) is 27.7 Å². The van der Waals surface area contributed by atoms with Gasteiger partial charge in [0.1, 0.15) is 5.57 Å². The Kier molecular flexibility index (Phi) is 8.37. The summed E-state index contributed by atoms with van der Waals surface area (Å²) >= 11 is 0. The summed E-state index contributed by atoms with van der Waals surface area (Å²) < 4.78 is 10.1. The molecule has 0 heterocycles. The summed E-state index contributed by atoms with van der Waals surface area (Å²) in [5.74, 6) is -4.86. The fourth-order valence-electron chi connectivity index (χ4n) is 2.10. The molecule has 8 heteroatoms. The predicted octanol–water partition coefficient (Wildman–Crippen LogP) is 2.86. The molecule has 0 saturated heterocycles. The topological polar surface area (TPSA) is 127 Å². The minimum absolute atomic E-state index is 0.0156. The highest BCUT2D eigenvalue weighted by Gasteiger charge is 2.25. The van der Waals surface area contributed by atoms with Crippen LogP contribution in [0.3, 0.4) is 0 Å². The number of benzene rings is 1. The second-order valence-corrected chi connectivity index (χ2v) is 6.92. The lowest BCUT2D eigenvalue weighted by molar-refractivity contribution is -0.148. The van der Waals surface area contributed by atoms with Gasteiger partial charge in [0.05, 0.1) is 24.3 Å². The highest BCUT2D eigenvalue weighted by molar-refractivity contribution is 6.18. The first-order chi connectivity index (χ1) is 13.0. The van der Waals surface area contributed by atoms with Crippen LogP contribution in [0.5, 0.6) is 0 Å². The van der Waals surface area contributed by atoms with Gasteiger partial charge in [0.25, 0.3) is 0 Å². The van der Waals surface area contributed by atoms with Crippen molar-refractivity contribution in [3.05, 3.63) is 40.5 Å². The van der Waals surface area contributed by atoms with E-state index in [-0.39, 0.29) is 30.6 Å². The normalized spacial score (nSPS) is 10.5. The van der Waals surface area contributed by atoms with E-state index in [4.69, 9.17) is 9.47 Å². The molecular formula is C20H24O8. The molecule has 152 valence electrons. The first-order valence-corrected chi connectivity index (χ1v) is 8.70. The fraction of sp³-hybridized carbons (Fsp3) is 0.400. The van der Waals surface area contributed by atoms with Gasteiger partial charge in [0, 0.05) is 0 Å². The maximum absolute atomic E-state index is 12.4. The second kappa shape index (κ2) is 10.2. The number of rotatable bonds is 9. The van der Waals surface area contributed by atoms with Crippen molar-refractivity contribution in [3.8, 4) is 0 Å². The minimum atomic E-state index is -1.50. The third kappa shape index (κ3) is 6.53. The van der Waals surface area contributed by atoms with E-state index < -0.39 is 40.6 Å². The Balaban J connectivity index is 3.44. The number of carboxylic acids is 2. The van der Waals surface area contributed by atoms with Crippen molar-refractivity contribution in [2.75, 3.05) is 13.2 Å².